The van der Waals surface area contributed by atoms with Gasteiger partial charge in [-0.2, -0.15) is 17.9 Å². The molecule has 7 nitrogen and oxygen atoms in total. The van der Waals surface area contributed by atoms with E-state index in [1.54, 1.807) is 13.8 Å². The molecule has 0 N–H and O–H groups in total. The normalized spacial score (nSPS) is 14.9. The number of nitrogens with zero attached hydrogens (tertiary/aromatic N) is 6. The number of aromatic nitrogens is 5. The van der Waals surface area contributed by atoms with Crippen LogP contribution in [0.4, 0.5) is 13.2 Å². The summed E-state index contributed by atoms with van der Waals surface area (Å²) in [5.74, 6) is 0.703. The Kier molecular flexibility index (Phi) is 6.32. The highest BCUT2D eigenvalue weighted by molar-refractivity contribution is 6.31. The molecule has 1 aliphatic carbocycles. The molecule has 12 heteroatoms. The van der Waals surface area contributed by atoms with Crippen molar-refractivity contribution in [3.05, 3.63) is 63.4 Å². The third kappa shape index (κ3) is 5.27. The van der Waals surface area contributed by atoms with Gasteiger partial charge < -0.3 is 4.90 Å². The van der Waals surface area contributed by atoms with Crippen LogP contribution in [0.5, 0.6) is 0 Å². The number of carbonyl (C=O) groups is 1. The van der Waals surface area contributed by atoms with E-state index >= 15 is 0 Å². The van der Waals surface area contributed by atoms with Crippen LogP contribution in [0.1, 0.15) is 53.4 Å². The molecule has 33 heavy (non-hydrogen) atoms. The first-order valence-electron chi connectivity index (χ1n) is 10.1. The monoisotopic (exact) mass is 498 g/mol. The minimum Gasteiger partial charge on any atom is -0.328 e. The van der Waals surface area contributed by atoms with Gasteiger partial charge in [0.2, 0.25) is 0 Å². The summed E-state index contributed by atoms with van der Waals surface area (Å²) < 4.78 is 41.3. The van der Waals surface area contributed by atoms with Crippen molar-refractivity contribution in [3.8, 4) is 5.95 Å². The lowest BCUT2D eigenvalue weighted by molar-refractivity contribution is -0.137. The van der Waals surface area contributed by atoms with Crippen LogP contribution in [-0.4, -0.2) is 42.1 Å². The van der Waals surface area contributed by atoms with E-state index in [1.807, 2.05) is 0 Å². The average molecular weight is 499 g/mol. The lowest BCUT2D eigenvalue weighted by atomic mass is 10.1. The zero-order chi connectivity index (χ0) is 23.9. The Morgan fingerprint density at radius 1 is 1.18 bits per heavy atom. The van der Waals surface area contributed by atoms with Gasteiger partial charge in [-0.15, -0.1) is 5.10 Å². The molecule has 1 aliphatic rings. The Labute approximate surface area is 197 Å². The van der Waals surface area contributed by atoms with Gasteiger partial charge in [0.05, 0.1) is 29.0 Å². The van der Waals surface area contributed by atoms with E-state index in [-0.39, 0.29) is 22.5 Å². The second-order valence-electron chi connectivity index (χ2n) is 7.93. The van der Waals surface area contributed by atoms with Crippen LogP contribution in [0.15, 0.2) is 30.6 Å². The van der Waals surface area contributed by atoms with Crippen molar-refractivity contribution in [1.29, 1.82) is 0 Å². The number of carbonyl (C=O) groups excluding carboxylic acids is 1. The smallest absolute Gasteiger partial charge is 0.328 e. The van der Waals surface area contributed by atoms with E-state index in [4.69, 9.17) is 23.2 Å². The van der Waals surface area contributed by atoms with Crippen molar-refractivity contribution in [2.75, 3.05) is 6.54 Å². The first-order valence-corrected chi connectivity index (χ1v) is 10.9. The Balaban J connectivity index is 1.73. The molecule has 1 unspecified atom stereocenters. The van der Waals surface area contributed by atoms with E-state index < -0.39 is 23.7 Å². The van der Waals surface area contributed by atoms with Gasteiger partial charge in [-0.25, -0.2) is 15.0 Å². The van der Waals surface area contributed by atoms with Crippen molar-refractivity contribution in [2.24, 2.45) is 5.92 Å². The summed E-state index contributed by atoms with van der Waals surface area (Å²) in [7, 11) is 0. The van der Waals surface area contributed by atoms with Crippen molar-refractivity contribution in [1.82, 2.24) is 29.6 Å². The van der Waals surface area contributed by atoms with E-state index in [9.17, 15) is 18.0 Å². The number of rotatable bonds is 6. The summed E-state index contributed by atoms with van der Waals surface area (Å²) in [6.45, 7) is 3.79. The van der Waals surface area contributed by atoms with Gasteiger partial charge in [0.15, 0.2) is 5.82 Å². The summed E-state index contributed by atoms with van der Waals surface area (Å²) in [6.07, 6.45) is 0.0635. The molecular weight excluding hydrogens is 480 g/mol. The summed E-state index contributed by atoms with van der Waals surface area (Å²) in [5, 5.41) is 4.51. The van der Waals surface area contributed by atoms with Gasteiger partial charge in [-0.3, -0.25) is 4.79 Å². The zero-order valence-electron chi connectivity index (χ0n) is 17.6. The molecule has 1 aromatic carbocycles. The molecule has 3 aromatic rings. The number of aryl methyl sites for hydroxylation is 1. The largest absolute Gasteiger partial charge is 0.416 e. The topological polar surface area (TPSA) is 76.8 Å². The van der Waals surface area contributed by atoms with Crippen LogP contribution in [0.3, 0.4) is 0 Å². The van der Waals surface area contributed by atoms with Crippen molar-refractivity contribution < 1.29 is 18.0 Å². The molecule has 1 saturated carbocycles. The summed E-state index contributed by atoms with van der Waals surface area (Å²) in [6, 6.07) is 2.22. The summed E-state index contributed by atoms with van der Waals surface area (Å²) in [5.41, 5.74) is -1.13. The van der Waals surface area contributed by atoms with Gasteiger partial charge in [0.25, 0.3) is 11.9 Å². The van der Waals surface area contributed by atoms with Crippen LogP contribution in [0.2, 0.25) is 10.0 Å². The fourth-order valence-corrected chi connectivity index (χ4v) is 3.77. The van der Waals surface area contributed by atoms with Crippen molar-refractivity contribution in [3.63, 3.8) is 0 Å². The van der Waals surface area contributed by atoms with Crippen LogP contribution in [-0.2, 0) is 6.18 Å². The molecule has 0 aliphatic heterocycles. The zero-order valence-corrected chi connectivity index (χ0v) is 19.2. The fourth-order valence-electron chi connectivity index (χ4n) is 3.44. The van der Waals surface area contributed by atoms with Crippen LogP contribution < -0.4 is 0 Å². The number of halogens is 5. The lowest BCUT2D eigenvalue weighted by Gasteiger charge is -2.29. The third-order valence-electron chi connectivity index (χ3n) is 5.26. The molecule has 2 aromatic heterocycles. The van der Waals surface area contributed by atoms with E-state index in [2.05, 4.69) is 20.1 Å². The van der Waals surface area contributed by atoms with Crippen LogP contribution in [0, 0.1) is 12.8 Å². The molecule has 1 fully saturated rings. The Bertz CT molecular complexity index is 1180. The van der Waals surface area contributed by atoms with Gasteiger partial charge in [0, 0.05) is 17.1 Å². The molecular formula is C21H19Cl2F3N6O. The molecule has 2 heterocycles. The maximum absolute atomic E-state index is 13.4. The number of amides is 1. The second-order valence-corrected chi connectivity index (χ2v) is 8.81. The highest BCUT2D eigenvalue weighted by Gasteiger charge is 2.36. The Morgan fingerprint density at radius 3 is 2.45 bits per heavy atom. The predicted molar refractivity (Wildman–Crippen MR) is 115 cm³/mol. The molecule has 1 amide bonds. The maximum atomic E-state index is 13.4. The molecule has 0 radical (unpaired) electrons. The number of alkyl halides is 3. The first kappa shape index (κ1) is 23.4. The van der Waals surface area contributed by atoms with Crippen molar-refractivity contribution in [2.45, 2.75) is 38.9 Å². The Morgan fingerprint density at radius 2 is 1.85 bits per heavy atom. The number of hydrogen-bond donors (Lipinski definition) is 0. The van der Waals surface area contributed by atoms with Gasteiger partial charge >= 0.3 is 6.18 Å². The quantitative estimate of drug-likeness (QED) is 0.460. The summed E-state index contributed by atoms with van der Waals surface area (Å²) in [4.78, 5) is 27.7. The van der Waals surface area contributed by atoms with E-state index in [1.165, 1.54) is 28.0 Å². The minimum absolute atomic E-state index is 0.146. The lowest BCUT2D eigenvalue weighted by Crippen LogP contribution is -2.37. The third-order valence-corrected chi connectivity index (χ3v) is 5.67. The molecule has 174 valence electrons. The fraction of sp³-hybridized carbons (Fsp3) is 0.381. The molecule has 4 rings (SSSR count). The number of hydrogen-bond acceptors (Lipinski definition) is 5. The maximum Gasteiger partial charge on any atom is 0.416 e. The van der Waals surface area contributed by atoms with E-state index in [0.717, 1.165) is 25.0 Å². The van der Waals surface area contributed by atoms with Crippen molar-refractivity contribution >= 4 is 29.1 Å². The van der Waals surface area contributed by atoms with Gasteiger partial charge in [-0.1, -0.05) is 23.2 Å². The van der Waals surface area contributed by atoms with E-state index in [0.29, 0.717) is 23.2 Å². The molecule has 0 spiro atoms. The predicted octanol–water partition coefficient (Wildman–Crippen LogP) is 5.30. The highest BCUT2D eigenvalue weighted by Crippen LogP contribution is 2.36. The van der Waals surface area contributed by atoms with Gasteiger partial charge in [0.1, 0.15) is 5.82 Å². The minimum atomic E-state index is -4.63. The van der Waals surface area contributed by atoms with Crippen LogP contribution >= 0.6 is 23.2 Å². The second kappa shape index (κ2) is 8.90. The SMILES string of the molecule is Cc1nc(C(C)N(CC2CC2)C(=O)c2cc(Cl)cc(C(F)(F)F)c2)n(-c2ncc(Cl)cn2)n1. The summed E-state index contributed by atoms with van der Waals surface area (Å²) >= 11 is 11.8. The highest BCUT2D eigenvalue weighted by atomic mass is 35.5. The molecule has 1 atom stereocenters. The standard InChI is InChI=1S/C21H19Cl2F3N6O/c1-11(18-29-12(2)30-32(18)20-27-8-17(23)9-28-20)31(10-13-3-4-13)19(33)14-5-15(21(24,25)26)7-16(22)6-14/h5-9,11,13H,3-4,10H2,1-2H3. The van der Waals surface area contributed by atoms with Crippen LogP contribution in [0.25, 0.3) is 5.95 Å². The van der Waals surface area contributed by atoms with Gasteiger partial charge in [-0.05, 0) is 50.8 Å². The number of benzene rings is 1. The average Bonchev–Trinajstić information content (AvgIpc) is 3.49. The first-order chi connectivity index (χ1) is 15.5. The molecule has 0 saturated heterocycles. The Hall–Kier alpha value is -2.72. The molecule has 0 bridgehead atoms.